The number of ether oxygens (including phenoxy) is 3. The highest BCUT2D eigenvalue weighted by atomic mass is 16.7. The van der Waals surface area contributed by atoms with Gasteiger partial charge in [0, 0.05) is 19.1 Å². The summed E-state index contributed by atoms with van der Waals surface area (Å²) in [6.07, 6.45) is 15.8. The summed E-state index contributed by atoms with van der Waals surface area (Å²) < 4.78 is 16.4. The van der Waals surface area contributed by atoms with E-state index in [2.05, 4.69) is 5.32 Å². The van der Waals surface area contributed by atoms with Crippen molar-refractivity contribution in [2.24, 2.45) is 5.92 Å². The number of hydrogen-bond acceptors (Lipinski definition) is 6. The van der Waals surface area contributed by atoms with Gasteiger partial charge >= 0.3 is 5.97 Å². The number of nitrogens with one attached hydrogen (secondary N) is 1. The molecular weight excluding hydrogens is 382 g/mol. The summed E-state index contributed by atoms with van der Waals surface area (Å²) in [6.45, 7) is 2.29. The quantitative estimate of drug-likeness (QED) is 0.299. The molecule has 2 rings (SSSR count). The third-order valence-corrected chi connectivity index (χ3v) is 6.60. The lowest BCUT2D eigenvalue weighted by atomic mass is 9.84. The Morgan fingerprint density at radius 1 is 1.03 bits per heavy atom. The molecule has 0 bridgehead atoms. The fraction of sp³-hybridized carbons (Fsp3) is 0.958. The van der Waals surface area contributed by atoms with Crippen molar-refractivity contribution in [3.63, 3.8) is 0 Å². The Balaban J connectivity index is 1.64. The zero-order valence-corrected chi connectivity index (χ0v) is 19.1. The second-order valence-corrected chi connectivity index (χ2v) is 9.06. The highest BCUT2D eigenvalue weighted by Gasteiger charge is 2.22. The number of carbonyl (C=O) groups is 1. The van der Waals surface area contributed by atoms with Gasteiger partial charge < -0.3 is 24.6 Å². The number of hydrogen-bond donors (Lipinski definition) is 2. The van der Waals surface area contributed by atoms with Crippen LogP contribution in [0, 0.1) is 5.92 Å². The molecule has 6 nitrogen and oxygen atoms in total. The van der Waals surface area contributed by atoms with Gasteiger partial charge in [-0.3, -0.25) is 4.79 Å². The van der Waals surface area contributed by atoms with Gasteiger partial charge in [-0.2, -0.15) is 0 Å². The van der Waals surface area contributed by atoms with Crippen LogP contribution < -0.4 is 5.32 Å². The van der Waals surface area contributed by atoms with E-state index >= 15 is 0 Å². The van der Waals surface area contributed by atoms with Gasteiger partial charge in [-0.25, -0.2) is 0 Å². The first-order valence-corrected chi connectivity index (χ1v) is 12.4. The Morgan fingerprint density at radius 3 is 2.53 bits per heavy atom. The Bertz CT molecular complexity index is 435. The number of methoxy groups -OCH3 is 1. The molecule has 1 heterocycles. The fourth-order valence-corrected chi connectivity index (χ4v) is 4.62. The number of unbranched alkanes of at least 4 members (excludes halogenated alkanes) is 3. The van der Waals surface area contributed by atoms with Crippen molar-refractivity contribution in [3.8, 4) is 0 Å². The van der Waals surface area contributed by atoms with Crippen molar-refractivity contribution in [2.75, 3.05) is 26.9 Å². The summed E-state index contributed by atoms with van der Waals surface area (Å²) in [4.78, 5) is 11.2. The fourth-order valence-electron chi connectivity index (χ4n) is 4.62. The van der Waals surface area contributed by atoms with E-state index < -0.39 is 0 Å². The lowest BCUT2D eigenvalue weighted by Crippen LogP contribution is -2.38. The SMILES string of the molecule is COC(=O)CCCCCCC(COC1CCCCO1)NCCC(O)C1CCCCC1. The summed E-state index contributed by atoms with van der Waals surface area (Å²) in [6, 6.07) is 0.287. The molecule has 0 amide bonds. The Morgan fingerprint density at radius 2 is 1.80 bits per heavy atom. The minimum Gasteiger partial charge on any atom is -0.469 e. The predicted octanol–water partition coefficient (Wildman–Crippen LogP) is 4.33. The van der Waals surface area contributed by atoms with Gasteiger partial charge in [-0.05, 0) is 63.8 Å². The van der Waals surface area contributed by atoms with Crippen LogP contribution in [0.3, 0.4) is 0 Å². The molecule has 1 aliphatic carbocycles. The third-order valence-electron chi connectivity index (χ3n) is 6.60. The summed E-state index contributed by atoms with van der Waals surface area (Å²) in [5, 5.41) is 14.2. The number of aliphatic hydroxyl groups excluding tert-OH is 1. The van der Waals surface area contributed by atoms with Crippen molar-refractivity contribution >= 4 is 5.97 Å². The van der Waals surface area contributed by atoms with E-state index in [0.29, 0.717) is 18.9 Å². The zero-order valence-electron chi connectivity index (χ0n) is 19.1. The molecule has 0 aromatic carbocycles. The van der Waals surface area contributed by atoms with E-state index in [1.54, 1.807) is 0 Å². The lowest BCUT2D eigenvalue weighted by Gasteiger charge is -2.28. The van der Waals surface area contributed by atoms with Crippen LogP contribution in [0.2, 0.25) is 0 Å². The maximum absolute atomic E-state index is 11.2. The standard InChI is InChI=1S/C24H45NO5/c1-28-23(27)14-8-3-2-7-13-21(19-30-24-15-9-10-18-29-24)25-17-16-22(26)20-11-5-4-6-12-20/h20-22,24-26H,2-19H2,1H3. The van der Waals surface area contributed by atoms with Gasteiger partial charge in [0.05, 0.1) is 19.8 Å². The maximum Gasteiger partial charge on any atom is 0.305 e. The molecular formula is C24H45NO5. The molecule has 0 aromatic heterocycles. The Kier molecular flexibility index (Phi) is 13.7. The predicted molar refractivity (Wildman–Crippen MR) is 118 cm³/mol. The molecule has 0 aromatic rings. The molecule has 3 atom stereocenters. The topological polar surface area (TPSA) is 77.0 Å². The van der Waals surface area contributed by atoms with Crippen LogP contribution in [0.1, 0.15) is 96.3 Å². The smallest absolute Gasteiger partial charge is 0.305 e. The van der Waals surface area contributed by atoms with Gasteiger partial charge in [0.1, 0.15) is 0 Å². The molecule has 2 aliphatic rings. The Hall–Kier alpha value is -0.690. The molecule has 176 valence electrons. The molecule has 30 heavy (non-hydrogen) atoms. The van der Waals surface area contributed by atoms with E-state index in [0.717, 1.165) is 64.5 Å². The minimum atomic E-state index is -0.181. The normalized spacial score (nSPS) is 22.5. The summed E-state index contributed by atoms with van der Waals surface area (Å²) >= 11 is 0. The van der Waals surface area contributed by atoms with E-state index in [4.69, 9.17) is 14.2 Å². The highest BCUT2D eigenvalue weighted by Crippen LogP contribution is 2.27. The minimum absolute atomic E-state index is 0.0593. The Labute approximate surface area is 183 Å². The molecule has 1 saturated carbocycles. The van der Waals surface area contributed by atoms with E-state index in [1.165, 1.54) is 45.6 Å². The maximum atomic E-state index is 11.2. The van der Waals surface area contributed by atoms with Crippen molar-refractivity contribution in [3.05, 3.63) is 0 Å². The van der Waals surface area contributed by atoms with Crippen LogP contribution in [0.15, 0.2) is 0 Å². The second-order valence-electron chi connectivity index (χ2n) is 9.06. The van der Waals surface area contributed by atoms with Gasteiger partial charge in [0.15, 0.2) is 6.29 Å². The number of carbonyl (C=O) groups excluding carboxylic acids is 1. The molecule has 1 aliphatic heterocycles. The lowest BCUT2D eigenvalue weighted by molar-refractivity contribution is -0.166. The first-order valence-electron chi connectivity index (χ1n) is 12.4. The van der Waals surface area contributed by atoms with Crippen molar-refractivity contribution in [2.45, 2.75) is 115 Å². The summed E-state index contributed by atoms with van der Waals surface area (Å²) in [5.41, 5.74) is 0. The molecule has 2 N–H and O–H groups in total. The summed E-state index contributed by atoms with van der Waals surface area (Å²) in [7, 11) is 1.44. The van der Waals surface area contributed by atoms with Crippen LogP contribution in [0.25, 0.3) is 0 Å². The van der Waals surface area contributed by atoms with Crippen molar-refractivity contribution in [1.29, 1.82) is 0 Å². The first-order chi connectivity index (χ1) is 14.7. The zero-order chi connectivity index (χ0) is 21.4. The number of rotatable bonds is 15. The molecule has 3 unspecified atom stereocenters. The molecule has 2 fully saturated rings. The van der Waals surface area contributed by atoms with Crippen LogP contribution >= 0.6 is 0 Å². The third kappa shape index (κ3) is 11.1. The average molecular weight is 428 g/mol. The van der Waals surface area contributed by atoms with E-state index in [1.807, 2.05) is 0 Å². The monoisotopic (exact) mass is 427 g/mol. The van der Waals surface area contributed by atoms with E-state index in [-0.39, 0.29) is 24.4 Å². The number of aliphatic hydroxyl groups is 1. The van der Waals surface area contributed by atoms with E-state index in [9.17, 15) is 9.90 Å². The van der Waals surface area contributed by atoms with Gasteiger partial charge in [-0.1, -0.05) is 38.5 Å². The van der Waals surface area contributed by atoms with Crippen LogP contribution in [-0.4, -0.2) is 56.4 Å². The van der Waals surface area contributed by atoms with Gasteiger partial charge in [-0.15, -0.1) is 0 Å². The van der Waals surface area contributed by atoms with Crippen LogP contribution in [0.4, 0.5) is 0 Å². The largest absolute Gasteiger partial charge is 0.469 e. The van der Waals surface area contributed by atoms with Crippen molar-refractivity contribution < 1.29 is 24.1 Å². The van der Waals surface area contributed by atoms with Gasteiger partial charge in [0.2, 0.25) is 0 Å². The molecule has 0 spiro atoms. The van der Waals surface area contributed by atoms with Crippen molar-refractivity contribution in [1.82, 2.24) is 5.32 Å². The summed E-state index contributed by atoms with van der Waals surface area (Å²) in [5.74, 6) is 0.368. The average Bonchev–Trinajstić information content (AvgIpc) is 2.80. The van der Waals surface area contributed by atoms with Crippen LogP contribution in [0.5, 0.6) is 0 Å². The van der Waals surface area contributed by atoms with Crippen LogP contribution in [-0.2, 0) is 19.0 Å². The molecule has 0 radical (unpaired) electrons. The second kappa shape index (κ2) is 16.0. The van der Waals surface area contributed by atoms with Gasteiger partial charge in [0.25, 0.3) is 0 Å². The molecule has 1 saturated heterocycles. The number of esters is 1. The highest BCUT2D eigenvalue weighted by molar-refractivity contribution is 5.68. The first kappa shape index (κ1) is 25.6. The molecule has 6 heteroatoms.